The van der Waals surface area contributed by atoms with E-state index in [0.717, 1.165) is 38.0 Å². The van der Waals surface area contributed by atoms with Gasteiger partial charge in [-0.1, -0.05) is 34.6 Å². The Morgan fingerprint density at radius 1 is 1.14 bits per heavy atom. The number of hydrogen-bond donors (Lipinski definition) is 2. The van der Waals surface area contributed by atoms with Crippen molar-refractivity contribution in [3.8, 4) is 0 Å². The standard InChI is InChI=1S/C18H38N2O/c1-6-10-20(11-12-21)14-15-13-16(18(3,4)5)8-9-17(15)19-7-2/h15-17,19,21H,6-14H2,1-5H3. The highest BCUT2D eigenvalue weighted by Crippen LogP contribution is 2.40. The van der Waals surface area contributed by atoms with Crippen molar-refractivity contribution in [1.29, 1.82) is 0 Å². The topological polar surface area (TPSA) is 35.5 Å². The van der Waals surface area contributed by atoms with Gasteiger partial charge in [0, 0.05) is 19.1 Å². The van der Waals surface area contributed by atoms with E-state index >= 15 is 0 Å². The van der Waals surface area contributed by atoms with Gasteiger partial charge in [0.05, 0.1) is 6.61 Å². The van der Waals surface area contributed by atoms with Crippen LogP contribution in [0.15, 0.2) is 0 Å². The summed E-state index contributed by atoms with van der Waals surface area (Å²) in [5, 5.41) is 13.0. The van der Waals surface area contributed by atoms with Crippen LogP contribution < -0.4 is 5.32 Å². The summed E-state index contributed by atoms with van der Waals surface area (Å²) < 4.78 is 0. The highest BCUT2D eigenvalue weighted by atomic mass is 16.3. The minimum atomic E-state index is 0.279. The van der Waals surface area contributed by atoms with Gasteiger partial charge in [-0.2, -0.15) is 0 Å². The second-order valence-electron chi connectivity index (χ2n) is 7.82. The molecule has 0 aliphatic heterocycles. The smallest absolute Gasteiger partial charge is 0.0558 e. The minimum absolute atomic E-state index is 0.279. The fourth-order valence-corrected chi connectivity index (χ4v) is 3.87. The summed E-state index contributed by atoms with van der Waals surface area (Å²) in [7, 11) is 0. The van der Waals surface area contributed by atoms with Gasteiger partial charge in [-0.15, -0.1) is 0 Å². The Kier molecular flexibility index (Phi) is 8.22. The lowest BCUT2D eigenvalue weighted by atomic mass is 9.67. The largest absolute Gasteiger partial charge is 0.395 e. The molecule has 0 aromatic heterocycles. The lowest BCUT2D eigenvalue weighted by molar-refractivity contribution is 0.0814. The highest BCUT2D eigenvalue weighted by molar-refractivity contribution is 4.90. The quantitative estimate of drug-likeness (QED) is 0.722. The van der Waals surface area contributed by atoms with E-state index in [1.165, 1.54) is 25.7 Å². The number of hydrogen-bond acceptors (Lipinski definition) is 3. The van der Waals surface area contributed by atoms with E-state index in [0.29, 0.717) is 11.5 Å². The average molecular weight is 299 g/mol. The first kappa shape index (κ1) is 18.9. The third-order valence-electron chi connectivity index (χ3n) is 5.12. The maximum atomic E-state index is 9.29. The van der Waals surface area contributed by atoms with E-state index < -0.39 is 0 Å². The van der Waals surface area contributed by atoms with Crippen LogP contribution in [0.2, 0.25) is 0 Å². The summed E-state index contributed by atoms with van der Waals surface area (Å²) in [6.45, 7) is 16.0. The molecule has 0 heterocycles. The molecule has 1 fully saturated rings. The first-order chi connectivity index (χ1) is 9.92. The molecule has 0 aromatic carbocycles. The molecule has 3 unspecified atom stereocenters. The number of aliphatic hydroxyl groups is 1. The van der Waals surface area contributed by atoms with Gasteiger partial charge < -0.3 is 15.3 Å². The van der Waals surface area contributed by atoms with Crippen LogP contribution in [0.4, 0.5) is 0 Å². The molecule has 0 amide bonds. The second-order valence-corrected chi connectivity index (χ2v) is 7.82. The molecule has 0 radical (unpaired) electrons. The molecule has 1 aliphatic carbocycles. The number of aliphatic hydroxyl groups excluding tert-OH is 1. The summed E-state index contributed by atoms with van der Waals surface area (Å²) in [6, 6.07) is 0.659. The van der Waals surface area contributed by atoms with Crippen LogP contribution in [0.1, 0.15) is 60.3 Å². The zero-order valence-corrected chi connectivity index (χ0v) is 15.0. The molecule has 3 atom stereocenters. The molecule has 1 saturated carbocycles. The Morgan fingerprint density at radius 3 is 2.38 bits per heavy atom. The predicted molar refractivity (Wildman–Crippen MR) is 91.6 cm³/mol. The molecule has 2 N–H and O–H groups in total. The Hall–Kier alpha value is -0.120. The Balaban J connectivity index is 2.69. The molecule has 0 aromatic rings. The molecule has 0 bridgehead atoms. The van der Waals surface area contributed by atoms with Gasteiger partial charge in [0.15, 0.2) is 0 Å². The number of nitrogens with one attached hydrogen (secondary N) is 1. The Morgan fingerprint density at radius 2 is 1.86 bits per heavy atom. The summed E-state index contributed by atoms with van der Waals surface area (Å²) in [5.41, 5.74) is 0.419. The molecule has 0 saturated heterocycles. The molecule has 21 heavy (non-hydrogen) atoms. The molecule has 0 spiro atoms. The van der Waals surface area contributed by atoms with Gasteiger partial charge in [-0.3, -0.25) is 0 Å². The average Bonchev–Trinajstić information content (AvgIpc) is 2.40. The van der Waals surface area contributed by atoms with Gasteiger partial charge in [-0.25, -0.2) is 0 Å². The van der Waals surface area contributed by atoms with E-state index in [2.05, 4.69) is 44.8 Å². The Bertz CT molecular complexity index is 269. The molecule has 3 nitrogen and oxygen atoms in total. The van der Waals surface area contributed by atoms with Crippen molar-refractivity contribution in [2.24, 2.45) is 17.3 Å². The molecule has 126 valence electrons. The molecule has 1 rings (SSSR count). The van der Waals surface area contributed by atoms with Crippen LogP contribution in [0.3, 0.4) is 0 Å². The van der Waals surface area contributed by atoms with Crippen LogP contribution in [-0.4, -0.2) is 48.8 Å². The lowest BCUT2D eigenvalue weighted by Gasteiger charge is -2.43. The van der Waals surface area contributed by atoms with Gasteiger partial charge in [-0.05, 0) is 56.0 Å². The first-order valence-corrected chi connectivity index (χ1v) is 8.98. The summed E-state index contributed by atoms with van der Waals surface area (Å²) in [5.74, 6) is 1.55. The van der Waals surface area contributed by atoms with Crippen LogP contribution in [0.5, 0.6) is 0 Å². The van der Waals surface area contributed by atoms with E-state index in [-0.39, 0.29) is 6.61 Å². The van der Waals surface area contributed by atoms with E-state index in [9.17, 15) is 5.11 Å². The van der Waals surface area contributed by atoms with Crippen molar-refractivity contribution in [3.63, 3.8) is 0 Å². The van der Waals surface area contributed by atoms with Crippen LogP contribution >= 0.6 is 0 Å². The van der Waals surface area contributed by atoms with Crippen molar-refractivity contribution in [2.45, 2.75) is 66.3 Å². The van der Waals surface area contributed by atoms with Crippen LogP contribution in [-0.2, 0) is 0 Å². The maximum Gasteiger partial charge on any atom is 0.0558 e. The zero-order chi connectivity index (χ0) is 15.9. The highest BCUT2D eigenvalue weighted by Gasteiger charge is 2.36. The van der Waals surface area contributed by atoms with Gasteiger partial charge in [0.2, 0.25) is 0 Å². The number of rotatable bonds is 8. The van der Waals surface area contributed by atoms with Crippen molar-refractivity contribution >= 4 is 0 Å². The number of nitrogens with zero attached hydrogens (tertiary/aromatic N) is 1. The van der Waals surface area contributed by atoms with Crippen molar-refractivity contribution < 1.29 is 5.11 Å². The zero-order valence-electron chi connectivity index (χ0n) is 15.0. The fraction of sp³-hybridized carbons (Fsp3) is 1.00. The first-order valence-electron chi connectivity index (χ1n) is 8.98. The van der Waals surface area contributed by atoms with E-state index in [4.69, 9.17) is 0 Å². The lowest BCUT2D eigenvalue weighted by Crippen LogP contribution is -2.48. The second kappa shape index (κ2) is 9.12. The summed E-state index contributed by atoms with van der Waals surface area (Å²) >= 11 is 0. The maximum absolute atomic E-state index is 9.29. The summed E-state index contributed by atoms with van der Waals surface area (Å²) in [4.78, 5) is 2.46. The van der Waals surface area contributed by atoms with Crippen molar-refractivity contribution in [1.82, 2.24) is 10.2 Å². The molecule has 1 aliphatic rings. The van der Waals surface area contributed by atoms with E-state index in [1.807, 2.05) is 0 Å². The van der Waals surface area contributed by atoms with Crippen LogP contribution in [0.25, 0.3) is 0 Å². The molecule has 3 heteroatoms. The SMILES string of the molecule is CCCN(CCO)CC1CC(C(C)(C)C)CCC1NCC. The Labute approximate surface area is 132 Å². The minimum Gasteiger partial charge on any atom is -0.395 e. The summed E-state index contributed by atoms with van der Waals surface area (Å²) in [6.07, 6.45) is 5.15. The van der Waals surface area contributed by atoms with Gasteiger partial charge in [0.25, 0.3) is 0 Å². The van der Waals surface area contributed by atoms with Gasteiger partial charge >= 0.3 is 0 Å². The van der Waals surface area contributed by atoms with Gasteiger partial charge in [0.1, 0.15) is 0 Å². The van der Waals surface area contributed by atoms with Crippen LogP contribution in [0, 0.1) is 17.3 Å². The van der Waals surface area contributed by atoms with Crippen molar-refractivity contribution in [2.75, 3.05) is 32.8 Å². The predicted octanol–water partition coefficient (Wildman–Crippen LogP) is 3.13. The molecular weight excluding hydrogens is 260 g/mol. The van der Waals surface area contributed by atoms with E-state index in [1.54, 1.807) is 0 Å². The fourth-order valence-electron chi connectivity index (χ4n) is 3.87. The molecular formula is C18H38N2O. The normalized spacial score (nSPS) is 27.3. The third kappa shape index (κ3) is 6.25. The van der Waals surface area contributed by atoms with Crippen molar-refractivity contribution in [3.05, 3.63) is 0 Å². The third-order valence-corrected chi connectivity index (χ3v) is 5.12. The monoisotopic (exact) mass is 298 g/mol.